The molecular formula is C23H26N4O. The maximum absolute atomic E-state index is 6.21. The van der Waals surface area contributed by atoms with Crippen LogP contribution >= 0.6 is 0 Å². The van der Waals surface area contributed by atoms with Gasteiger partial charge in [0.1, 0.15) is 5.75 Å². The fraction of sp³-hybridized carbons (Fsp3) is 0.304. The number of aryl methyl sites for hydroxylation is 2. The molecule has 0 amide bonds. The molecule has 0 fully saturated rings. The van der Waals surface area contributed by atoms with E-state index in [1.165, 1.54) is 0 Å². The number of aromatic nitrogens is 3. The molecule has 2 N–H and O–H groups in total. The zero-order chi connectivity index (χ0) is 19.9. The molecular weight excluding hydrogens is 348 g/mol. The second-order valence-electron chi connectivity index (χ2n) is 6.70. The monoisotopic (exact) mass is 374 g/mol. The molecule has 0 spiro atoms. The smallest absolute Gasteiger partial charge is 0.217 e. The maximum Gasteiger partial charge on any atom is 0.217 e. The summed E-state index contributed by atoms with van der Waals surface area (Å²) in [5.74, 6) is 7.79. The van der Waals surface area contributed by atoms with Gasteiger partial charge in [0.05, 0.1) is 11.4 Å². The number of ether oxygens (including phenoxy) is 1. The van der Waals surface area contributed by atoms with Crippen molar-refractivity contribution in [3.63, 3.8) is 0 Å². The summed E-state index contributed by atoms with van der Waals surface area (Å²) in [5.41, 5.74) is 10.3. The van der Waals surface area contributed by atoms with Crippen molar-refractivity contribution in [3.05, 3.63) is 59.4 Å². The Hall–Kier alpha value is -3.10. The van der Waals surface area contributed by atoms with Gasteiger partial charge < -0.3 is 10.5 Å². The van der Waals surface area contributed by atoms with Gasteiger partial charge in [-0.05, 0) is 56.1 Å². The lowest BCUT2D eigenvalue weighted by molar-refractivity contribution is 0.432. The third-order valence-electron chi connectivity index (χ3n) is 4.30. The summed E-state index contributed by atoms with van der Waals surface area (Å²) in [5, 5.41) is 4.36. The number of hydrogen-bond acceptors (Lipinski definition) is 4. The number of nitrogens with two attached hydrogens (primary N) is 1. The van der Waals surface area contributed by atoms with Gasteiger partial charge in [-0.2, -0.15) is 5.10 Å². The van der Waals surface area contributed by atoms with Crippen LogP contribution in [0, 0.1) is 18.8 Å². The first-order valence-corrected chi connectivity index (χ1v) is 9.57. The Morgan fingerprint density at radius 2 is 2.04 bits per heavy atom. The molecule has 0 aliphatic carbocycles. The molecule has 0 unspecified atom stereocenters. The first-order chi connectivity index (χ1) is 13.6. The number of nitrogens with zero attached hydrogens (tertiary/aromatic N) is 3. The summed E-state index contributed by atoms with van der Waals surface area (Å²) in [6, 6.07) is 12.0. The van der Waals surface area contributed by atoms with Crippen molar-refractivity contribution in [1.82, 2.24) is 14.8 Å². The number of benzene rings is 1. The van der Waals surface area contributed by atoms with Crippen LogP contribution in [0.2, 0.25) is 0 Å². The quantitative estimate of drug-likeness (QED) is 0.656. The van der Waals surface area contributed by atoms with Gasteiger partial charge in [-0.15, -0.1) is 0 Å². The van der Waals surface area contributed by atoms with Gasteiger partial charge in [0.2, 0.25) is 5.88 Å². The molecule has 0 bridgehead atoms. The van der Waals surface area contributed by atoms with Crippen LogP contribution in [0.4, 0.5) is 0 Å². The summed E-state index contributed by atoms with van der Waals surface area (Å²) in [6.07, 6.45) is 4.61. The zero-order valence-electron chi connectivity index (χ0n) is 16.7. The lowest BCUT2D eigenvalue weighted by Gasteiger charge is -2.12. The zero-order valence-corrected chi connectivity index (χ0v) is 16.7. The van der Waals surface area contributed by atoms with Crippen LogP contribution in [-0.4, -0.2) is 21.3 Å². The van der Waals surface area contributed by atoms with Gasteiger partial charge in [0, 0.05) is 36.9 Å². The molecule has 0 saturated heterocycles. The topological polar surface area (TPSA) is 66.0 Å². The van der Waals surface area contributed by atoms with Gasteiger partial charge in [-0.1, -0.05) is 24.8 Å². The average Bonchev–Trinajstić information content (AvgIpc) is 3.00. The summed E-state index contributed by atoms with van der Waals surface area (Å²) >= 11 is 0. The molecule has 0 saturated carbocycles. The SMILES string of the molecule is CCCC#Cc1ccc(-c2ccc(CCN)cn2)c(Oc2cc(C)nn2C)c1. The summed E-state index contributed by atoms with van der Waals surface area (Å²) < 4.78 is 7.94. The highest BCUT2D eigenvalue weighted by atomic mass is 16.5. The molecule has 0 aliphatic heterocycles. The molecule has 144 valence electrons. The fourth-order valence-electron chi connectivity index (χ4n) is 2.88. The number of unbranched alkanes of at least 4 members (excludes halogenated alkanes) is 1. The average molecular weight is 374 g/mol. The highest BCUT2D eigenvalue weighted by Crippen LogP contribution is 2.33. The fourth-order valence-corrected chi connectivity index (χ4v) is 2.88. The Morgan fingerprint density at radius 3 is 2.68 bits per heavy atom. The van der Waals surface area contributed by atoms with Crippen molar-refractivity contribution in [3.8, 4) is 34.7 Å². The highest BCUT2D eigenvalue weighted by molar-refractivity contribution is 5.69. The molecule has 1 aromatic carbocycles. The Kier molecular flexibility index (Phi) is 6.46. The molecule has 2 heterocycles. The molecule has 0 atom stereocenters. The molecule has 5 heteroatoms. The van der Waals surface area contributed by atoms with Crippen molar-refractivity contribution >= 4 is 0 Å². The van der Waals surface area contributed by atoms with Gasteiger partial charge in [-0.3, -0.25) is 4.98 Å². The third kappa shape index (κ3) is 4.79. The molecule has 3 rings (SSSR count). The predicted octanol–water partition coefficient (Wildman–Crippen LogP) is 4.24. The van der Waals surface area contributed by atoms with Crippen molar-refractivity contribution in [2.24, 2.45) is 12.8 Å². The predicted molar refractivity (Wildman–Crippen MR) is 112 cm³/mol. The van der Waals surface area contributed by atoms with Crippen LogP contribution in [0.25, 0.3) is 11.3 Å². The van der Waals surface area contributed by atoms with E-state index in [4.69, 9.17) is 10.5 Å². The Bertz CT molecular complexity index is 994. The van der Waals surface area contributed by atoms with E-state index in [2.05, 4.69) is 34.9 Å². The van der Waals surface area contributed by atoms with Crippen molar-refractivity contribution in [2.75, 3.05) is 6.54 Å². The van der Waals surface area contributed by atoms with E-state index < -0.39 is 0 Å². The normalized spacial score (nSPS) is 10.4. The van der Waals surface area contributed by atoms with E-state index in [-0.39, 0.29) is 0 Å². The van der Waals surface area contributed by atoms with Crippen molar-refractivity contribution in [2.45, 2.75) is 33.1 Å². The maximum atomic E-state index is 6.21. The minimum Gasteiger partial charge on any atom is -0.439 e. The molecule has 0 aliphatic rings. The number of hydrogen-bond donors (Lipinski definition) is 1. The first-order valence-electron chi connectivity index (χ1n) is 9.57. The Labute approximate surface area is 166 Å². The van der Waals surface area contributed by atoms with Crippen LogP contribution in [0.1, 0.15) is 36.6 Å². The van der Waals surface area contributed by atoms with E-state index >= 15 is 0 Å². The van der Waals surface area contributed by atoms with Gasteiger partial charge in [0.25, 0.3) is 0 Å². The standard InChI is InChI=1S/C23H26N4O/c1-4-5-6-7-18-8-10-20(21-11-9-19(12-13-24)16-25-21)22(15-18)28-23-14-17(2)26-27(23)3/h8-11,14-16H,4-5,12-13,24H2,1-3H3. The lowest BCUT2D eigenvalue weighted by Crippen LogP contribution is -2.03. The summed E-state index contributed by atoms with van der Waals surface area (Å²) in [4.78, 5) is 4.61. The summed E-state index contributed by atoms with van der Waals surface area (Å²) in [6.45, 7) is 4.68. The van der Waals surface area contributed by atoms with Crippen LogP contribution < -0.4 is 10.5 Å². The van der Waals surface area contributed by atoms with E-state index in [0.717, 1.165) is 47.3 Å². The van der Waals surface area contributed by atoms with E-state index in [9.17, 15) is 0 Å². The Balaban J connectivity index is 2.00. The van der Waals surface area contributed by atoms with Crippen molar-refractivity contribution in [1.29, 1.82) is 0 Å². The second kappa shape index (κ2) is 9.20. The van der Waals surface area contributed by atoms with Crippen LogP contribution in [0.3, 0.4) is 0 Å². The minimum absolute atomic E-state index is 0.611. The van der Waals surface area contributed by atoms with Crippen LogP contribution in [0.15, 0.2) is 42.6 Å². The first kappa shape index (κ1) is 19.7. The molecule has 28 heavy (non-hydrogen) atoms. The van der Waals surface area contributed by atoms with Crippen LogP contribution in [0.5, 0.6) is 11.6 Å². The number of rotatable bonds is 6. The van der Waals surface area contributed by atoms with E-state index in [0.29, 0.717) is 18.2 Å². The van der Waals surface area contributed by atoms with Gasteiger partial charge in [-0.25, -0.2) is 4.68 Å². The highest BCUT2D eigenvalue weighted by Gasteiger charge is 2.12. The Morgan fingerprint density at radius 1 is 1.18 bits per heavy atom. The molecule has 2 aromatic heterocycles. The second-order valence-corrected chi connectivity index (χ2v) is 6.70. The minimum atomic E-state index is 0.611. The molecule has 3 aromatic rings. The van der Waals surface area contributed by atoms with Crippen molar-refractivity contribution < 1.29 is 4.74 Å². The van der Waals surface area contributed by atoms with E-state index in [1.54, 1.807) is 4.68 Å². The third-order valence-corrected chi connectivity index (χ3v) is 4.30. The van der Waals surface area contributed by atoms with Gasteiger partial charge >= 0.3 is 0 Å². The largest absolute Gasteiger partial charge is 0.439 e. The lowest BCUT2D eigenvalue weighted by atomic mass is 10.1. The summed E-state index contributed by atoms with van der Waals surface area (Å²) in [7, 11) is 1.87. The van der Waals surface area contributed by atoms with E-state index in [1.807, 2.05) is 50.5 Å². The van der Waals surface area contributed by atoms with Crippen LogP contribution in [-0.2, 0) is 13.5 Å². The molecule has 5 nitrogen and oxygen atoms in total. The molecule has 0 radical (unpaired) electrons. The number of pyridine rings is 1. The van der Waals surface area contributed by atoms with Gasteiger partial charge in [0.15, 0.2) is 0 Å².